The number of rotatable bonds is 4. The third-order valence-electron chi connectivity index (χ3n) is 9.68. The number of amides is 1. The van der Waals surface area contributed by atoms with E-state index in [4.69, 9.17) is 25.2 Å². The molecule has 10 heteroatoms. The van der Waals surface area contributed by atoms with E-state index in [1.807, 2.05) is 12.1 Å². The summed E-state index contributed by atoms with van der Waals surface area (Å²) in [5.74, 6) is 0.825. The molecule has 1 unspecified atom stereocenters. The third-order valence-corrected chi connectivity index (χ3v) is 9.68. The van der Waals surface area contributed by atoms with E-state index in [2.05, 4.69) is 17.9 Å². The molecule has 0 saturated carbocycles. The number of carbonyl (C=O) groups is 1. The van der Waals surface area contributed by atoms with Gasteiger partial charge < -0.3 is 15.2 Å². The highest BCUT2D eigenvalue weighted by Gasteiger charge is 2.50. The van der Waals surface area contributed by atoms with Crippen LogP contribution in [0.1, 0.15) is 79.3 Å². The van der Waals surface area contributed by atoms with Crippen molar-refractivity contribution in [3.63, 3.8) is 0 Å². The van der Waals surface area contributed by atoms with Crippen molar-refractivity contribution < 1.29 is 18.7 Å². The quantitative estimate of drug-likeness (QED) is 0.470. The number of nitrogens with zero attached hydrogens (tertiary/aromatic N) is 5. The molecule has 2 aromatic rings. The first-order valence-corrected chi connectivity index (χ1v) is 14.0. The fourth-order valence-electron chi connectivity index (χ4n) is 7.50. The average molecular weight is 533 g/mol. The molecule has 5 aliphatic rings. The number of halogens is 1. The summed E-state index contributed by atoms with van der Waals surface area (Å²) in [7, 11) is 0. The van der Waals surface area contributed by atoms with Gasteiger partial charge in [0, 0.05) is 49.2 Å². The first-order chi connectivity index (χ1) is 18.8. The number of alkyl halides is 1. The summed E-state index contributed by atoms with van der Waals surface area (Å²) in [5, 5.41) is 10.1. The molecule has 2 N–H and O–H groups in total. The molecule has 204 valence electrons. The van der Waals surface area contributed by atoms with Gasteiger partial charge in [0.2, 0.25) is 5.91 Å². The van der Waals surface area contributed by atoms with Gasteiger partial charge in [0.15, 0.2) is 0 Å². The number of nitrogens with two attached hydrogens (primary N) is 1. The van der Waals surface area contributed by atoms with E-state index in [1.54, 1.807) is 4.90 Å². The van der Waals surface area contributed by atoms with Crippen molar-refractivity contribution in [3.05, 3.63) is 40.1 Å². The Morgan fingerprint density at radius 1 is 1.31 bits per heavy atom. The number of anilines is 2. The Bertz CT molecular complexity index is 1410. The second-order valence-electron chi connectivity index (χ2n) is 11.9. The molecule has 0 bridgehead atoms. The molecule has 0 radical (unpaired) electrons. The summed E-state index contributed by atoms with van der Waals surface area (Å²) < 4.78 is 27.2. The van der Waals surface area contributed by atoms with Crippen LogP contribution in [0, 0.1) is 11.3 Å². The van der Waals surface area contributed by atoms with Gasteiger partial charge in [-0.2, -0.15) is 15.2 Å². The third kappa shape index (κ3) is 3.74. The zero-order chi connectivity index (χ0) is 26.9. The first kappa shape index (κ1) is 24.7. The predicted octanol–water partition coefficient (Wildman–Crippen LogP) is 3.49. The standard InChI is InChI=1S/C29H33FN6O3/c1-17-5-8-29(25-19(17)3-4-22(32)20(25)13-31)12-23-21(15-39-29)26(36-10-6-24(36)37)34-27(33-23)38-16-28-7-2-9-35(28)14-18(30)11-28/h3-4,17-18H,2,5-12,14-16,32H2,1H3/t17-,18+,28?,29-/m0/s1. The summed E-state index contributed by atoms with van der Waals surface area (Å²) in [6.07, 6.45) is 4.07. The van der Waals surface area contributed by atoms with E-state index in [1.165, 1.54) is 0 Å². The lowest BCUT2D eigenvalue weighted by atomic mass is 9.69. The molecule has 1 spiro atoms. The number of ether oxygens (including phenoxy) is 2. The van der Waals surface area contributed by atoms with Gasteiger partial charge in [-0.1, -0.05) is 13.0 Å². The van der Waals surface area contributed by atoms with Crippen molar-refractivity contribution in [3.8, 4) is 12.1 Å². The van der Waals surface area contributed by atoms with E-state index in [0.717, 1.165) is 54.6 Å². The zero-order valence-corrected chi connectivity index (χ0v) is 22.2. The van der Waals surface area contributed by atoms with Crippen molar-refractivity contribution in [1.29, 1.82) is 5.26 Å². The second kappa shape index (κ2) is 8.86. The fraction of sp³-hybridized carbons (Fsp3) is 0.586. The number of β-lactam (4-membered cyclic amide) rings is 1. The Labute approximate surface area is 227 Å². The van der Waals surface area contributed by atoms with Gasteiger partial charge in [0.1, 0.15) is 30.3 Å². The van der Waals surface area contributed by atoms with Crippen molar-refractivity contribution in [2.75, 3.05) is 36.9 Å². The minimum Gasteiger partial charge on any atom is -0.461 e. The topological polar surface area (TPSA) is 118 Å². The van der Waals surface area contributed by atoms with E-state index in [-0.39, 0.29) is 30.0 Å². The van der Waals surface area contributed by atoms with Crippen LogP contribution in [0.25, 0.3) is 0 Å². The fourth-order valence-corrected chi connectivity index (χ4v) is 7.50. The molecule has 1 aliphatic carbocycles. The SMILES string of the molecule is C[C@H]1CC[C@]2(Cc3nc(OCC45CCCN4C[C@H](F)C5)nc(N4CCC4=O)c3CO2)c2c1ccc(N)c2C#N. The van der Waals surface area contributed by atoms with Crippen molar-refractivity contribution in [2.24, 2.45) is 0 Å². The van der Waals surface area contributed by atoms with Crippen molar-refractivity contribution in [1.82, 2.24) is 14.9 Å². The number of nitriles is 1. The number of nitrogen functional groups attached to an aromatic ring is 1. The molecule has 4 aliphatic heterocycles. The Hall–Kier alpha value is -3.29. The molecular weight excluding hydrogens is 499 g/mol. The van der Waals surface area contributed by atoms with Gasteiger partial charge in [-0.05, 0) is 49.8 Å². The minimum atomic E-state index is -0.847. The number of fused-ring (bicyclic) bond motifs is 4. The molecule has 5 heterocycles. The summed E-state index contributed by atoms with van der Waals surface area (Å²) in [5.41, 5.74) is 9.60. The molecule has 39 heavy (non-hydrogen) atoms. The largest absolute Gasteiger partial charge is 0.461 e. The summed E-state index contributed by atoms with van der Waals surface area (Å²) in [6, 6.07) is 6.36. The van der Waals surface area contributed by atoms with Gasteiger partial charge in [-0.15, -0.1) is 0 Å². The van der Waals surface area contributed by atoms with E-state index in [0.29, 0.717) is 56.0 Å². The second-order valence-corrected chi connectivity index (χ2v) is 11.9. The van der Waals surface area contributed by atoms with Crippen LogP contribution < -0.4 is 15.4 Å². The highest BCUT2D eigenvalue weighted by molar-refractivity contribution is 5.99. The van der Waals surface area contributed by atoms with Crippen LogP contribution in [0.4, 0.5) is 15.9 Å². The Balaban J connectivity index is 1.27. The molecule has 1 amide bonds. The van der Waals surface area contributed by atoms with Crippen LogP contribution in [0.3, 0.4) is 0 Å². The normalized spacial score (nSPS) is 31.4. The molecule has 1 aromatic carbocycles. The summed E-state index contributed by atoms with van der Waals surface area (Å²) >= 11 is 0. The molecule has 3 saturated heterocycles. The summed E-state index contributed by atoms with van der Waals surface area (Å²) in [4.78, 5) is 25.9. The van der Waals surface area contributed by atoms with Gasteiger partial charge >= 0.3 is 6.01 Å². The summed E-state index contributed by atoms with van der Waals surface area (Å²) in [6.45, 7) is 4.62. The number of benzene rings is 1. The predicted molar refractivity (Wildman–Crippen MR) is 141 cm³/mol. The lowest BCUT2D eigenvalue weighted by molar-refractivity contribution is -0.122. The van der Waals surface area contributed by atoms with Crippen LogP contribution in [0.2, 0.25) is 0 Å². The highest BCUT2D eigenvalue weighted by Crippen LogP contribution is 2.51. The smallest absolute Gasteiger partial charge is 0.318 e. The van der Waals surface area contributed by atoms with E-state index in [9.17, 15) is 14.4 Å². The Kier molecular flexibility index (Phi) is 5.62. The average Bonchev–Trinajstić information content (AvgIpc) is 3.44. The number of hydrogen-bond acceptors (Lipinski definition) is 8. The van der Waals surface area contributed by atoms with Gasteiger partial charge in [0.05, 0.1) is 23.4 Å². The molecule has 1 aromatic heterocycles. The highest BCUT2D eigenvalue weighted by atomic mass is 19.1. The molecular formula is C29H33FN6O3. The van der Waals surface area contributed by atoms with Crippen LogP contribution in [-0.4, -0.2) is 58.7 Å². The lowest BCUT2D eigenvalue weighted by Gasteiger charge is -2.45. The van der Waals surface area contributed by atoms with Crippen molar-refractivity contribution >= 4 is 17.4 Å². The number of aromatic nitrogens is 2. The maximum Gasteiger partial charge on any atom is 0.318 e. The van der Waals surface area contributed by atoms with Crippen molar-refractivity contribution in [2.45, 2.75) is 81.7 Å². The number of carbonyl (C=O) groups excluding carboxylic acids is 1. The monoisotopic (exact) mass is 532 g/mol. The van der Waals surface area contributed by atoms with Crippen LogP contribution in [0.15, 0.2) is 12.1 Å². The lowest BCUT2D eigenvalue weighted by Crippen LogP contribution is -2.47. The maximum atomic E-state index is 14.3. The van der Waals surface area contributed by atoms with Crippen LogP contribution in [-0.2, 0) is 28.2 Å². The van der Waals surface area contributed by atoms with Gasteiger partial charge in [0.25, 0.3) is 0 Å². The molecule has 3 fully saturated rings. The molecule has 7 rings (SSSR count). The Morgan fingerprint density at radius 3 is 2.95 bits per heavy atom. The number of hydrogen-bond donors (Lipinski definition) is 1. The van der Waals surface area contributed by atoms with E-state index < -0.39 is 11.8 Å². The van der Waals surface area contributed by atoms with Gasteiger partial charge in [-0.3, -0.25) is 14.6 Å². The van der Waals surface area contributed by atoms with Crippen LogP contribution in [0.5, 0.6) is 6.01 Å². The molecule has 9 nitrogen and oxygen atoms in total. The van der Waals surface area contributed by atoms with Gasteiger partial charge in [-0.25, -0.2) is 4.39 Å². The minimum absolute atomic E-state index is 0.00939. The van der Waals surface area contributed by atoms with Crippen LogP contribution >= 0.6 is 0 Å². The Morgan fingerprint density at radius 2 is 2.18 bits per heavy atom. The van der Waals surface area contributed by atoms with E-state index >= 15 is 0 Å². The molecule has 4 atom stereocenters. The maximum absolute atomic E-state index is 14.3. The zero-order valence-electron chi connectivity index (χ0n) is 22.2. The first-order valence-electron chi connectivity index (χ1n) is 14.0.